The number of carbonyl (C=O) groups excluding carboxylic acids is 6. The maximum Gasteiger partial charge on any atom is 0.258 e. The number of thiazole rings is 2. The van der Waals surface area contributed by atoms with E-state index < -0.39 is 100 Å². The zero-order valence-electron chi connectivity index (χ0n) is 65.0. The predicted octanol–water partition coefficient (Wildman–Crippen LogP) is 11.0. The molecule has 6 atom stereocenters. The average molecular weight is 1550 g/mol. The first-order chi connectivity index (χ1) is 51.8. The van der Waals surface area contributed by atoms with Crippen molar-refractivity contribution in [1.29, 1.82) is 0 Å². The van der Waals surface area contributed by atoms with Crippen LogP contribution in [0.25, 0.3) is 20.9 Å². The number of alkyl halides is 2. The Morgan fingerprint density at radius 3 is 1.32 bits per heavy atom. The highest BCUT2D eigenvalue weighted by Crippen LogP contribution is 2.42. The molecule has 4 aliphatic rings. The fraction of sp³-hybridized carbons (Fsp3) is 0.556. The fourth-order valence-electron chi connectivity index (χ4n) is 12.5. The van der Waals surface area contributed by atoms with E-state index in [2.05, 4.69) is 50.3 Å². The third-order valence-corrected chi connectivity index (χ3v) is 20.9. The fourth-order valence-corrected chi connectivity index (χ4v) is 14.1. The Hall–Kier alpha value is -8.22. The number of aliphatic hydroxyl groups is 2. The van der Waals surface area contributed by atoms with Gasteiger partial charge in [-0.2, -0.15) is 0 Å². The molecule has 0 bridgehead atoms. The van der Waals surface area contributed by atoms with Crippen LogP contribution >= 0.6 is 22.7 Å². The Morgan fingerprint density at radius 2 is 0.954 bits per heavy atom. The van der Waals surface area contributed by atoms with E-state index in [0.717, 1.165) is 62.0 Å². The lowest BCUT2D eigenvalue weighted by molar-refractivity contribution is -0.152. The maximum atomic E-state index is 14.6. The van der Waals surface area contributed by atoms with E-state index in [9.17, 15) is 52.9 Å². The zero-order chi connectivity index (χ0) is 79.4. The minimum Gasteiger partial charge on any atom is -0.508 e. The molecule has 2 saturated heterocycles. The summed E-state index contributed by atoms with van der Waals surface area (Å²) >= 11 is 3.00. The summed E-state index contributed by atoms with van der Waals surface area (Å²) in [7, 11) is 0. The van der Waals surface area contributed by atoms with Gasteiger partial charge in [-0.05, 0) is 143 Å². The van der Waals surface area contributed by atoms with Gasteiger partial charge < -0.3 is 79.5 Å². The highest BCUT2D eigenvalue weighted by molar-refractivity contribution is 7.13. The standard InChI is InChI=1S/C40H53FN4O8S.C26H33FN4O5S.C15H24O3/c1-7-50-33(51-8-2)23-53-30-13-9-26(10-14-30)15-18-52-32-19-27(34-25(3)43-24-54-34)11-12-28(32)21-42-36(47)31-20-29(46)22-45(31)37(48)35(39(4,5)6)44-38(49)40(41)16-17-40;1-14-20(37-13-29-14)15-5-6-16(19(33)9-15)11-28-22(34)18-10-17(32)12-31(18)23(35)21(25(2,3)4)30-24(36)26(27)7-8-26;1-4-7-13-8-10-14(11-9-13)18-12-15(16-5-2)17-6-3/h9-14,19,24,29,31,33,35,46H,7-8,15-18,20-23H2,1-6H3,(H,42,47)(H,44,49);5-6,9,13,17-18,21,32-33H,7-8,10-12H2,1-4H3,(H,28,34)(H,30,36);8-11,15H,4-7,12H2,1-3H3/t29-,31+,35-;17-,18+,21-;/m11./s1. The van der Waals surface area contributed by atoms with Crippen LogP contribution in [0.5, 0.6) is 23.0 Å². The summed E-state index contributed by atoms with van der Waals surface area (Å²) in [4.78, 5) is 92.3. The van der Waals surface area contributed by atoms with E-state index in [1.54, 1.807) is 64.7 Å². The summed E-state index contributed by atoms with van der Waals surface area (Å²) in [5.74, 6) is -1.50. The summed E-state index contributed by atoms with van der Waals surface area (Å²) < 4.78 is 68.7. The lowest BCUT2D eigenvalue weighted by Crippen LogP contribution is -2.59. The van der Waals surface area contributed by atoms with E-state index in [1.165, 1.54) is 38.0 Å². The number of aliphatic hydroxyl groups excluding tert-OH is 2. The molecule has 6 aromatic rings. The normalized spacial score (nSPS) is 18.2. The summed E-state index contributed by atoms with van der Waals surface area (Å²) in [6.45, 7) is 27.6. The molecule has 0 spiro atoms. The second kappa shape index (κ2) is 39.6. The van der Waals surface area contributed by atoms with Gasteiger partial charge in [-0.1, -0.05) is 103 Å². The van der Waals surface area contributed by atoms with Crippen LogP contribution in [-0.4, -0.2) is 190 Å². The van der Waals surface area contributed by atoms with Crippen molar-refractivity contribution in [1.82, 2.24) is 41.0 Å². The number of ether oxygens (including phenoxy) is 7. The Labute approximate surface area is 646 Å². The van der Waals surface area contributed by atoms with Gasteiger partial charge in [0.25, 0.3) is 11.8 Å². The van der Waals surface area contributed by atoms with Crippen LogP contribution < -0.4 is 35.5 Å². The molecule has 6 amide bonds. The number of nitrogens with one attached hydrogen (secondary N) is 4. The monoisotopic (exact) mass is 1550 g/mol. The van der Waals surface area contributed by atoms with Crippen LogP contribution in [0, 0.1) is 24.7 Å². The van der Waals surface area contributed by atoms with Gasteiger partial charge in [-0.25, -0.2) is 18.7 Å². The third kappa shape index (κ3) is 24.6. The van der Waals surface area contributed by atoms with E-state index in [1.807, 2.05) is 102 Å². The number of hydrogen-bond donors (Lipinski definition) is 7. The second-order valence-corrected chi connectivity index (χ2v) is 31.6. The largest absolute Gasteiger partial charge is 0.508 e. The minimum absolute atomic E-state index is 0.0146. The first-order valence-electron chi connectivity index (χ1n) is 37.6. The molecule has 10 rings (SSSR count). The lowest BCUT2D eigenvalue weighted by atomic mass is 9.85. The number of amides is 6. The van der Waals surface area contributed by atoms with Gasteiger partial charge in [0, 0.05) is 83.0 Å². The molecule has 4 fully saturated rings. The van der Waals surface area contributed by atoms with Gasteiger partial charge in [-0.3, -0.25) is 28.8 Å². The summed E-state index contributed by atoms with van der Waals surface area (Å²) in [6, 6.07) is 22.8. The molecule has 2 aromatic heterocycles. The number of hydrogen-bond acceptors (Lipinski definition) is 20. The number of benzene rings is 4. The van der Waals surface area contributed by atoms with E-state index >= 15 is 0 Å². The zero-order valence-corrected chi connectivity index (χ0v) is 66.6. The molecule has 596 valence electrons. The Kier molecular flexibility index (Phi) is 31.4. The van der Waals surface area contributed by atoms with Crippen LogP contribution in [0.1, 0.15) is 155 Å². The molecular weight excluding hydrogens is 1440 g/mol. The third-order valence-electron chi connectivity index (χ3n) is 19.0. The number of likely N-dealkylation sites (tertiary alicyclic amines) is 2. The highest BCUT2D eigenvalue weighted by Gasteiger charge is 2.55. The topological polar surface area (TPSA) is 308 Å². The van der Waals surface area contributed by atoms with Crippen molar-refractivity contribution in [3.8, 4) is 43.9 Å². The van der Waals surface area contributed by atoms with Crippen molar-refractivity contribution < 1.29 is 86.0 Å². The number of aromatic nitrogens is 2. The number of phenolic OH excluding ortho intramolecular Hbond substituents is 1. The SMILES string of the molecule is CCCc1ccc(OCC(OCC)OCC)cc1.CCOC(COc1ccc(CCOc2cc(-c3scnc3C)ccc2CNC(=O)[C@@H]2C[C@@H](O)CN2C(=O)[C@@H](NC(=O)C2(F)CC2)C(C)(C)C)cc1)OCC.Cc1ncsc1-c1ccc(CNC(=O)[C@@H]2C[C@@H](O)CN2C(=O)[C@@H](NC(=O)C2(F)CC2)C(C)(C)C)c(O)c1. The van der Waals surface area contributed by atoms with Gasteiger partial charge >= 0.3 is 0 Å². The summed E-state index contributed by atoms with van der Waals surface area (Å²) in [5.41, 5.74) is 5.22. The van der Waals surface area contributed by atoms with Gasteiger partial charge in [0.05, 0.1) is 51.0 Å². The van der Waals surface area contributed by atoms with Gasteiger partial charge in [-0.15, -0.1) is 22.7 Å². The second-order valence-electron chi connectivity index (χ2n) is 29.8. The van der Waals surface area contributed by atoms with Crippen LogP contribution in [0.2, 0.25) is 0 Å². The minimum atomic E-state index is -1.96. The highest BCUT2D eigenvalue weighted by atomic mass is 32.1. The molecule has 2 saturated carbocycles. The molecular formula is C81H110F2N8O16S2. The summed E-state index contributed by atoms with van der Waals surface area (Å²) in [6.07, 6.45) is 0.866. The number of carbonyl (C=O) groups is 6. The molecule has 7 N–H and O–H groups in total. The number of halogens is 2. The molecule has 4 aromatic carbocycles. The molecule has 0 unspecified atom stereocenters. The van der Waals surface area contributed by atoms with Crippen molar-refractivity contribution in [2.24, 2.45) is 10.8 Å². The molecule has 24 nitrogen and oxygen atoms in total. The van der Waals surface area contributed by atoms with Crippen LogP contribution in [-0.2, 0) is 73.6 Å². The molecule has 0 radical (unpaired) electrons. The number of β-amino-alcohol motifs (C(OH)–C–C–N with tert-alkyl or cyclic N) is 2. The van der Waals surface area contributed by atoms with Crippen molar-refractivity contribution in [3.05, 3.63) is 130 Å². The Balaban J connectivity index is 0.000000233. The van der Waals surface area contributed by atoms with Gasteiger partial charge in [0.15, 0.2) is 23.9 Å². The van der Waals surface area contributed by atoms with E-state index in [4.69, 9.17) is 33.2 Å². The molecule has 28 heteroatoms. The first-order valence-corrected chi connectivity index (χ1v) is 39.4. The molecule has 109 heavy (non-hydrogen) atoms. The van der Waals surface area contributed by atoms with Crippen molar-refractivity contribution in [2.75, 3.05) is 59.3 Å². The molecule has 2 aliphatic carbocycles. The lowest BCUT2D eigenvalue weighted by Gasteiger charge is -2.35. The Bertz CT molecular complexity index is 3960. The number of aromatic hydroxyl groups is 1. The van der Waals surface area contributed by atoms with Gasteiger partial charge in [0.2, 0.25) is 23.6 Å². The number of rotatable bonds is 34. The van der Waals surface area contributed by atoms with Crippen LogP contribution in [0.4, 0.5) is 8.78 Å². The van der Waals surface area contributed by atoms with E-state index in [0.29, 0.717) is 63.1 Å². The average Bonchev–Trinajstić information content (AvgIpc) is 1.65. The molecule has 2 aliphatic heterocycles. The number of phenols is 1. The predicted molar refractivity (Wildman–Crippen MR) is 412 cm³/mol. The van der Waals surface area contributed by atoms with Crippen LogP contribution in [0.3, 0.4) is 0 Å². The van der Waals surface area contributed by atoms with Gasteiger partial charge in [0.1, 0.15) is 60.4 Å². The summed E-state index contributed by atoms with van der Waals surface area (Å²) in [5, 5.41) is 42.2. The smallest absolute Gasteiger partial charge is 0.258 e. The Morgan fingerprint density at radius 1 is 0.560 bits per heavy atom. The maximum absolute atomic E-state index is 14.6. The molecule has 4 heterocycles. The quantitative estimate of drug-likeness (QED) is 0.0185. The number of aryl methyl sites for hydroxylation is 3. The van der Waals surface area contributed by atoms with Crippen molar-refractivity contribution in [2.45, 2.75) is 221 Å². The number of nitrogens with zero attached hydrogens (tertiary/aromatic N) is 4. The van der Waals surface area contributed by atoms with Crippen molar-refractivity contribution in [3.63, 3.8) is 0 Å². The first kappa shape index (κ1) is 86.4. The van der Waals surface area contributed by atoms with Crippen molar-refractivity contribution >= 4 is 58.1 Å². The van der Waals surface area contributed by atoms with E-state index in [-0.39, 0.29) is 83.4 Å². The van der Waals surface area contributed by atoms with Crippen LogP contribution in [0.15, 0.2) is 96.0 Å².